The fourth-order valence-corrected chi connectivity index (χ4v) is 6.09. The van der Waals surface area contributed by atoms with Gasteiger partial charge in [-0.15, -0.1) is 0 Å². The summed E-state index contributed by atoms with van der Waals surface area (Å²) in [5.41, 5.74) is 9.39. The van der Waals surface area contributed by atoms with E-state index in [1.807, 2.05) is 48.5 Å². The molecule has 0 radical (unpaired) electrons. The highest BCUT2D eigenvalue weighted by Crippen LogP contribution is 2.34. The van der Waals surface area contributed by atoms with Crippen LogP contribution in [0.2, 0.25) is 5.02 Å². The zero-order chi connectivity index (χ0) is 31.6. The van der Waals surface area contributed by atoms with E-state index in [-0.39, 0.29) is 11.8 Å². The molecule has 0 saturated heterocycles. The maximum atomic E-state index is 12.9. The number of aromatic nitrogens is 1. The summed E-state index contributed by atoms with van der Waals surface area (Å²) in [4.78, 5) is 30.2. The Labute approximate surface area is 271 Å². The number of para-hydroxylation sites is 1. The zero-order valence-corrected chi connectivity index (χ0v) is 27.2. The fraction of sp³-hybridized carbons (Fsp3) is 0.378. The van der Waals surface area contributed by atoms with Crippen LogP contribution in [-0.4, -0.2) is 36.4 Å². The molecule has 4 N–H and O–H groups in total. The third-order valence-corrected chi connectivity index (χ3v) is 8.85. The molecule has 1 aromatic heterocycles. The number of nitrogens with zero attached hydrogens (tertiary/aromatic N) is 1. The number of amides is 2. The highest BCUT2D eigenvalue weighted by molar-refractivity contribution is 6.31. The van der Waals surface area contributed by atoms with E-state index in [1.54, 1.807) is 0 Å². The lowest BCUT2D eigenvalue weighted by Gasteiger charge is -2.22. The standard InChI is InChI=1S/C37H44ClN5O2/c1-25-12-10-17-31(26(25)2)42-33-16-8-6-14-30(33)37(45)41-21-9-3-4-18-35(44)39-22-11-23-40-36-28-13-5-7-15-32(28)43-34-24-27(38)19-20-29(34)36/h6,8,10,12,14,16-17,19-20,24,42H,3-5,7,9,11,13,15,18,21-23H2,1-2H3,(H,39,44)(H,40,43)(H,41,45). The van der Waals surface area contributed by atoms with Gasteiger partial charge in [-0.25, -0.2) is 0 Å². The van der Waals surface area contributed by atoms with Gasteiger partial charge < -0.3 is 21.3 Å². The topological polar surface area (TPSA) is 95.2 Å². The molecule has 8 heteroatoms. The summed E-state index contributed by atoms with van der Waals surface area (Å²) in [7, 11) is 0. The quantitative estimate of drug-likeness (QED) is 0.106. The van der Waals surface area contributed by atoms with Crippen molar-refractivity contribution < 1.29 is 9.59 Å². The second-order valence-corrected chi connectivity index (χ2v) is 12.3. The SMILES string of the molecule is Cc1cccc(Nc2ccccc2C(=O)NCCCCCC(=O)NCCCNc2c3c(nc4cc(Cl)ccc24)CCCC3)c1C. The molecule has 0 atom stereocenters. The number of aryl methyl sites for hydroxylation is 2. The van der Waals surface area contributed by atoms with Gasteiger partial charge in [-0.05, 0) is 112 Å². The number of hydrogen-bond donors (Lipinski definition) is 4. The Hall–Kier alpha value is -4.10. The number of pyridine rings is 1. The van der Waals surface area contributed by atoms with Crippen molar-refractivity contribution in [3.63, 3.8) is 0 Å². The average molecular weight is 626 g/mol. The van der Waals surface area contributed by atoms with Crippen molar-refractivity contribution in [1.29, 1.82) is 0 Å². The van der Waals surface area contributed by atoms with Gasteiger partial charge in [0, 0.05) is 53.5 Å². The van der Waals surface area contributed by atoms with Crippen molar-refractivity contribution in [3.8, 4) is 0 Å². The molecule has 0 fully saturated rings. The van der Waals surface area contributed by atoms with Crippen LogP contribution in [0.5, 0.6) is 0 Å². The molecule has 0 aliphatic heterocycles. The van der Waals surface area contributed by atoms with E-state index in [1.165, 1.54) is 35.3 Å². The predicted molar refractivity (Wildman–Crippen MR) is 186 cm³/mol. The van der Waals surface area contributed by atoms with Gasteiger partial charge in [0.2, 0.25) is 5.91 Å². The Kier molecular flexibility index (Phi) is 11.3. The Bertz CT molecular complexity index is 1650. The predicted octanol–water partition coefficient (Wildman–Crippen LogP) is 8.04. The van der Waals surface area contributed by atoms with E-state index in [4.69, 9.17) is 16.6 Å². The van der Waals surface area contributed by atoms with Crippen LogP contribution in [0.1, 0.15) is 77.7 Å². The number of benzene rings is 3. The average Bonchev–Trinajstić information content (AvgIpc) is 3.04. The first-order valence-corrected chi connectivity index (χ1v) is 16.6. The lowest BCUT2D eigenvalue weighted by atomic mass is 9.92. The molecule has 3 aromatic carbocycles. The number of carbonyl (C=O) groups excluding carboxylic acids is 2. The van der Waals surface area contributed by atoms with Crippen molar-refractivity contribution >= 4 is 51.4 Å². The third kappa shape index (κ3) is 8.54. The lowest BCUT2D eigenvalue weighted by Crippen LogP contribution is -2.26. The van der Waals surface area contributed by atoms with Gasteiger partial charge >= 0.3 is 0 Å². The molecule has 0 saturated carbocycles. The first-order chi connectivity index (χ1) is 21.9. The van der Waals surface area contributed by atoms with Crippen LogP contribution in [0, 0.1) is 13.8 Å². The van der Waals surface area contributed by atoms with Crippen LogP contribution < -0.4 is 21.3 Å². The molecule has 5 rings (SSSR count). The number of anilines is 3. The maximum absolute atomic E-state index is 12.9. The van der Waals surface area contributed by atoms with Crippen LogP contribution in [0.25, 0.3) is 10.9 Å². The lowest BCUT2D eigenvalue weighted by molar-refractivity contribution is -0.121. The van der Waals surface area contributed by atoms with E-state index in [9.17, 15) is 9.59 Å². The minimum absolute atomic E-state index is 0.0758. The Morgan fingerprint density at radius 3 is 2.51 bits per heavy atom. The monoisotopic (exact) mass is 625 g/mol. The van der Waals surface area contributed by atoms with Crippen molar-refractivity contribution in [2.45, 2.75) is 71.6 Å². The molecule has 236 valence electrons. The van der Waals surface area contributed by atoms with Crippen LogP contribution in [0.4, 0.5) is 17.1 Å². The summed E-state index contributed by atoms with van der Waals surface area (Å²) in [6.45, 7) is 6.14. The molecule has 1 aliphatic rings. The summed E-state index contributed by atoms with van der Waals surface area (Å²) in [6.07, 6.45) is 8.24. The molecule has 0 bridgehead atoms. The molecule has 0 spiro atoms. The largest absolute Gasteiger partial charge is 0.384 e. The van der Waals surface area contributed by atoms with Gasteiger partial charge in [-0.2, -0.15) is 0 Å². The first kappa shape index (κ1) is 32.3. The molecular weight excluding hydrogens is 582 g/mol. The van der Waals surface area contributed by atoms with Crippen LogP contribution in [0.15, 0.2) is 60.7 Å². The second kappa shape index (κ2) is 15.8. The van der Waals surface area contributed by atoms with Gasteiger partial charge in [0.1, 0.15) is 0 Å². The van der Waals surface area contributed by atoms with E-state index >= 15 is 0 Å². The summed E-state index contributed by atoms with van der Waals surface area (Å²) < 4.78 is 0. The summed E-state index contributed by atoms with van der Waals surface area (Å²) in [6, 6.07) is 19.6. The van der Waals surface area contributed by atoms with Crippen molar-refractivity contribution in [2.24, 2.45) is 0 Å². The molecule has 4 aromatic rings. The number of hydrogen-bond acceptors (Lipinski definition) is 5. The third-order valence-electron chi connectivity index (χ3n) is 8.61. The highest BCUT2D eigenvalue weighted by atomic mass is 35.5. The normalized spacial score (nSPS) is 12.4. The van der Waals surface area contributed by atoms with Gasteiger partial charge in [-0.3, -0.25) is 14.6 Å². The van der Waals surface area contributed by atoms with Crippen molar-refractivity contribution in [1.82, 2.24) is 15.6 Å². The first-order valence-electron chi connectivity index (χ1n) is 16.2. The number of fused-ring (bicyclic) bond motifs is 2. The number of halogens is 1. The number of carbonyl (C=O) groups is 2. The minimum Gasteiger partial charge on any atom is -0.384 e. The second-order valence-electron chi connectivity index (χ2n) is 11.9. The van der Waals surface area contributed by atoms with Crippen LogP contribution in [-0.2, 0) is 17.6 Å². The van der Waals surface area contributed by atoms with E-state index in [0.29, 0.717) is 30.1 Å². The molecule has 0 unspecified atom stereocenters. The van der Waals surface area contributed by atoms with Crippen LogP contribution in [0.3, 0.4) is 0 Å². The minimum atomic E-state index is -0.0983. The maximum Gasteiger partial charge on any atom is 0.253 e. The van der Waals surface area contributed by atoms with Crippen molar-refractivity contribution in [3.05, 3.63) is 93.6 Å². The van der Waals surface area contributed by atoms with Crippen LogP contribution >= 0.6 is 11.6 Å². The molecule has 45 heavy (non-hydrogen) atoms. The Balaban J connectivity index is 0.984. The molecule has 2 amide bonds. The molecule has 1 heterocycles. The van der Waals surface area contributed by atoms with Gasteiger partial charge in [0.15, 0.2) is 0 Å². The number of unbranched alkanes of at least 4 members (excludes halogenated alkanes) is 2. The molecule has 7 nitrogen and oxygen atoms in total. The zero-order valence-electron chi connectivity index (χ0n) is 26.4. The number of rotatable bonds is 14. The molecular formula is C37H44ClN5O2. The smallest absolute Gasteiger partial charge is 0.253 e. The molecule has 1 aliphatic carbocycles. The van der Waals surface area contributed by atoms with E-state index in [2.05, 4.69) is 47.2 Å². The van der Waals surface area contributed by atoms with Gasteiger partial charge in [0.05, 0.1) is 16.8 Å². The summed E-state index contributed by atoms with van der Waals surface area (Å²) >= 11 is 6.24. The van der Waals surface area contributed by atoms with E-state index < -0.39 is 0 Å². The van der Waals surface area contributed by atoms with Crippen molar-refractivity contribution in [2.75, 3.05) is 30.3 Å². The number of nitrogens with one attached hydrogen (secondary N) is 4. The summed E-state index contributed by atoms with van der Waals surface area (Å²) in [5.74, 6) is -0.0225. The van der Waals surface area contributed by atoms with Gasteiger partial charge in [0.25, 0.3) is 5.91 Å². The highest BCUT2D eigenvalue weighted by Gasteiger charge is 2.18. The Morgan fingerprint density at radius 1 is 0.822 bits per heavy atom. The summed E-state index contributed by atoms with van der Waals surface area (Å²) in [5, 5.41) is 15.0. The Morgan fingerprint density at radius 2 is 1.62 bits per heavy atom. The fourth-order valence-electron chi connectivity index (χ4n) is 5.92. The van der Waals surface area contributed by atoms with Gasteiger partial charge in [-0.1, -0.05) is 42.3 Å². The van der Waals surface area contributed by atoms with E-state index in [0.717, 1.165) is 72.9 Å².